The van der Waals surface area contributed by atoms with Crippen LogP contribution in [0.4, 0.5) is 10.7 Å². The van der Waals surface area contributed by atoms with Crippen LogP contribution >= 0.6 is 11.6 Å². The maximum Gasteiger partial charge on any atom is 0.410 e. The third-order valence-electron chi connectivity index (χ3n) is 2.89. The van der Waals surface area contributed by atoms with Crippen molar-refractivity contribution in [3.8, 4) is 0 Å². The summed E-state index contributed by atoms with van der Waals surface area (Å²) in [4.78, 5) is 25.8. The highest BCUT2D eigenvalue weighted by molar-refractivity contribution is 6.28. The van der Waals surface area contributed by atoms with E-state index in [0.717, 1.165) is 6.42 Å². The van der Waals surface area contributed by atoms with E-state index >= 15 is 0 Å². The topological polar surface area (TPSA) is 80.2 Å². The molecular weight excluding hydrogens is 294 g/mol. The van der Waals surface area contributed by atoms with E-state index in [9.17, 15) is 4.79 Å². The van der Waals surface area contributed by atoms with Gasteiger partial charge in [-0.25, -0.2) is 9.78 Å². The summed E-state index contributed by atoms with van der Waals surface area (Å²) < 4.78 is 5.36. The van der Waals surface area contributed by atoms with E-state index in [-0.39, 0.29) is 17.4 Å². The van der Waals surface area contributed by atoms with Crippen molar-refractivity contribution in [3.63, 3.8) is 0 Å². The first-order valence-corrected chi connectivity index (χ1v) is 7.23. The molecule has 0 saturated carbocycles. The quantitative estimate of drug-likeness (QED) is 0.902. The summed E-state index contributed by atoms with van der Waals surface area (Å²) in [5.41, 5.74) is -0.485. The smallest absolute Gasteiger partial charge is 0.410 e. The van der Waals surface area contributed by atoms with Gasteiger partial charge in [-0.2, -0.15) is 9.97 Å². The molecular formula is C13H20ClN5O2. The van der Waals surface area contributed by atoms with E-state index in [1.165, 1.54) is 0 Å². The molecule has 1 N–H and O–H groups in total. The predicted octanol–water partition coefficient (Wildman–Crippen LogP) is 2.25. The molecule has 0 unspecified atom stereocenters. The lowest BCUT2D eigenvalue weighted by atomic mass is 10.2. The molecule has 1 aliphatic heterocycles. The van der Waals surface area contributed by atoms with Crippen LogP contribution in [0.15, 0.2) is 0 Å². The fraction of sp³-hybridized carbons (Fsp3) is 0.692. The van der Waals surface area contributed by atoms with Crippen LogP contribution in [0.1, 0.15) is 33.0 Å². The Morgan fingerprint density at radius 2 is 2.10 bits per heavy atom. The van der Waals surface area contributed by atoms with Gasteiger partial charge in [-0.05, 0) is 45.7 Å². The number of anilines is 1. The number of carbonyl (C=O) groups is 1. The zero-order chi connectivity index (χ0) is 15.6. The lowest BCUT2D eigenvalue weighted by Crippen LogP contribution is -2.36. The Morgan fingerprint density at radius 3 is 2.71 bits per heavy atom. The molecule has 1 aromatic heterocycles. The maximum atomic E-state index is 12.0. The van der Waals surface area contributed by atoms with Gasteiger partial charge in [-0.3, -0.25) is 0 Å². The Morgan fingerprint density at radius 1 is 1.38 bits per heavy atom. The van der Waals surface area contributed by atoms with Crippen molar-refractivity contribution in [1.82, 2.24) is 19.9 Å². The van der Waals surface area contributed by atoms with Gasteiger partial charge in [0.15, 0.2) is 0 Å². The number of hydrogen-bond donors (Lipinski definition) is 1. The number of ether oxygens (including phenoxy) is 1. The Hall–Kier alpha value is -1.63. The second-order valence-electron chi connectivity index (χ2n) is 6.03. The average molecular weight is 314 g/mol. The summed E-state index contributed by atoms with van der Waals surface area (Å²) in [6.07, 6.45) is 0.512. The van der Waals surface area contributed by atoms with Crippen LogP contribution in [0.3, 0.4) is 0 Å². The van der Waals surface area contributed by atoms with Gasteiger partial charge in [0.1, 0.15) is 11.4 Å². The molecule has 0 aliphatic carbocycles. The van der Waals surface area contributed by atoms with Gasteiger partial charge in [0.2, 0.25) is 11.2 Å². The van der Waals surface area contributed by atoms with Crippen molar-refractivity contribution in [3.05, 3.63) is 11.1 Å². The normalized spacial score (nSPS) is 18.7. The van der Waals surface area contributed by atoms with Crippen molar-refractivity contribution in [2.75, 3.05) is 18.4 Å². The SMILES string of the molecule is Cc1nc(Cl)nc(N[C@@H]2CCN(C(=O)OC(C)(C)C)C2)n1. The molecule has 7 nitrogen and oxygen atoms in total. The lowest BCUT2D eigenvalue weighted by Gasteiger charge is -2.24. The van der Waals surface area contributed by atoms with Crippen molar-refractivity contribution >= 4 is 23.6 Å². The zero-order valence-corrected chi connectivity index (χ0v) is 13.4. The van der Waals surface area contributed by atoms with Crippen LogP contribution in [0, 0.1) is 6.92 Å². The summed E-state index contributed by atoms with van der Waals surface area (Å²) in [5, 5.41) is 3.33. The molecule has 0 radical (unpaired) electrons. The van der Waals surface area contributed by atoms with Crippen LogP contribution in [0.5, 0.6) is 0 Å². The second kappa shape index (κ2) is 6.01. The average Bonchev–Trinajstić information content (AvgIpc) is 2.73. The monoisotopic (exact) mass is 313 g/mol. The van der Waals surface area contributed by atoms with Crippen molar-refractivity contribution < 1.29 is 9.53 Å². The van der Waals surface area contributed by atoms with E-state index in [2.05, 4.69) is 20.3 Å². The van der Waals surface area contributed by atoms with E-state index < -0.39 is 5.60 Å². The molecule has 0 spiro atoms. The van der Waals surface area contributed by atoms with Gasteiger partial charge in [0, 0.05) is 19.1 Å². The third-order valence-corrected chi connectivity index (χ3v) is 3.06. The molecule has 1 aromatic rings. The van der Waals surface area contributed by atoms with Gasteiger partial charge in [0.25, 0.3) is 0 Å². The minimum Gasteiger partial charge on any atom is -0.444 e. The Labute approximate surface area is 129 Å². The third kappa shape index (κ3) is 4.70. The number of hydrogen-bond acceptors (Lipinski definition) is 6. The van der Waals surface area contributed by atoms with Crippen molar-refractivity contribution in [2.24, 2.45) is 0 Å². The summed E-state index contributed by atoms with van der Waals surface area (Å²) >= 11 is 5.80. The molecule has 1 saturated heterocycles. The second-order valence-corrected chi connectivity index (χ2v) is 6.37. The molecule has 1 fully saturated rings. The van der Waals surface area contributed by atoms with Crippen LogP contribution in [-0.4, -0.2) is 50.7 Å². The van der Waals surface area contributed by atoms with E-state index in [1.807, 2.05) is 20.8 Å². The van der Waals surface area contributed by atoms with Crippen LogP contribution in [0.2, 0.25) is 5.28 Å². The highest BCUT2D eigenvalue weighted by Gasteiger charge is 2.30. The molecule has 8 heteroatoms. The summed E-state index contributed by atoms with van der Waals surface area (Å²) in [7, 11) is 0. The molecule has 2 heterocycles. The number of aryl methyl sites for hydroxylation is 1. The molecule has 1 aliphatic rings. The first kappa shape index (κ1) is 15.8. The molecule has 116 valence electrons. The predicted molar refractivity (Wildman–Crippen MR) is 79.4 cm³/mol. The summed E-state index contributed by atoms with van der Waals surface area (Å²) in [5.74, 6) is 0.989. The fourth-order valence-electron chi connectivity index (χ4n) is 2.07. The van der Waals surface area contributed by atoms with Gasteiger partial charge < -0.3 is 15.0 Å². The largest absolute Gasteiger partial charge is 0.444 e. The zero-order valence-electron chi connectivity index (χ0n) is 12.7. The van der Waals surface area contributed by atoms with Gasteiger partial charge in [-0.15, -0.1) is 0 Å². The van der Waals surface area contributed by atoms with Crippen LogP contribution < -0.4 is 5.32 Å². The molecule has 1 amide bonds. The number of nitrogens with zero attached hydrogens (tertiary/aromatic N) is 4. The minimum absolute atomic E-state index is 0.0791. The number of nitrogens with one attached hydrogen (secondary N) is 1. The van der Waals surface area contributed by atoms with Crippen LogP contribution in [0.25, 0.3) is 0 Å². The van der Waals surface area contributed by atoms with Gasteiger partial charge in [-0.1, -0.05) is 0 Å². The number of halogens is 1. The Kier molecular flexibility index (Phi) is 4.51. The highest BCUT2D eigenvalue weighted by atomic mass is 35.5. The number of likely N-dealkylation sites (tertiary alicyclic amines) is 1. The van der Waals surface area contributed by atoms with E-state index in [1.54, 1.807) is 11.8 Å². The lowest BCUT2D eigenvalue weighted by molar-refractivity contribution is 0.0293. The maximum absolute atomic E-state index is 12.0. The highest BCUT2D eigenvalue weighted by Crippen LogP contribution is 2.17. The molecule has 21 heavy (non-hydrogen) atoms. The Balaban J connectivity index is 1.92. The number of carbonyl (C=O) groups excluding carboxylic acids is 1. The Bertz CT molecular complexity index is 512. The molecule has 0 bridgehead atoms. The molecule has 1 atom stereocenters. The van der Waals surface area contributed by atoms with E-state index in [4.69, 9.17) is 16.3 Å². The number of aromatic nitrogens is 3. The summed E-state index contributed by atoms with van der Waals surface area (Å²) in [6, 6.07) is 0.0791. The first-order valence-electron chi connectivity index (χ1n) is 6.85. The molecule has 0 aromatic carbocycles. The van der Waals surface area contributed by atoms with Gasteiger partial charge in [0.05, 0.1) is 0 Å². The first-order chi connectivity index (χ1) is 9.73. The number of amides is 1. The van der Waals surface area contributed by atoms with Gasteiger partial charge >= 0.3 is 6.09 Å². The van der Waals surface area contributed by atoms with Crippen LogP contribution in [-0.2, 0) is 4.74 Å². The van der Waals surface area contributed by atoms with E-state index in [0.29, 0.717) is 24.9 Å². The number of rotatable bonds is 2. The summed E-state index contributed by atoms with van der Waals surface area (Å²) in [6.45, 7) is 8.51. The van der Waals surface area contributed by atoms with Crippen molar-refractivity contribution in [1.29, 1.82) is 0 Å². The van der Waals surface area contributed by atoms with Crippen molar-refractivity contribution in [2.45, 2.75) is 45.8 Å². The fourth-order valence-corrected chi connectivity index (χ4v) is 2.27. The standard InChI is InChI=1S/C13H20ClN5O2/c1-8-15-10(14)18-11(16-8)17-9-5-6-19(7-9)12(20)21-13(2,3)4/h9H,5-7H2,1-4H3,(H,15,16,17,18)/t9-/m1/s1. The minimum atomic E-state index is -0.485. The molecule has 2 rings (SSSR count).